The second kappa shape index (κ2) is 10.2. The minimum absolute atomic E-state index is 0.347. The van der Waals surface area contributed by atoms with E-state index in [1.54, 1.807) is 60.7 Å². The Morgan fingerprint density at radius 1 is 0.562 bits per heavy atom. The molecule has 0 fully saturated rings. The number of rotatable bonds is 8. The molecule has 0 radical (unpaired) electrons. The highest BCUT2D eigenvalue weighted by Crippen LogP contribution is 2.37. The molecule has 0 aliphatic heterocycles. The lowest BCUT2D eigenvalue weighted by Gasteiger charge is -2.17. The molecule has 2 amide bonds. The van der Waals surface area contributed by atoms with Crippen LogP contribution in [-0.2, 0) is 0 Å². The number of hydrogen-bond acceptors (Lipinski definition) is 6. The zero-order chi connectivity index (χ0) is 23.1. The molecule has 0 unspecified atom stereocenters. The minimum Gasteiger partial charge on any atom is -0.496 e. The molecule has 3 aromatic rings. The van der Waals surface area contributed by atoms with E-state index in [1.807, 2.05) is 0 Å². The van der Waals surface area contributed by atoms with Gasteiger partial charge in [-0.05, 0) is 30.3 Å². The standard InChI is InChI=1S/C24H24N2O6/c1-29-19-11-7-5-9-15(19)23(27)25-17-13-18(22(32-4)14-21(17)31-3)26-24(28)16-10-6-8-12-20(16)30-2/h5-14H,1-4H3,(H,25,27)(H,26,28). The maximum absolute atomic E-state index is 12.9. The summed E-state index contributed by atoms with van der Waals surface area (Å²) in [5.41, 5.74) is 1.40. The molecule has 0 aliphatic carbocycles. The van der Waals surface area contributed by atoms with E-state index in [1.165, 1.54) is 28.4 Å². The number of carbonyl (C=O) groups is 2. The van der Waals surface area contributed by atoms with Crippen molar-refractivity contribution in [3.05, 3.63) is 71.8 Å². The molecule has 0 bridgehead atoms. The Balaban J connectivity index is 1.95. The van der Waals surface area contributed by atoms with Crippen LogP contribution in [0.15, 0.2) is 60.7 Å². The Morgan fingerprint density at radius 2 is 0.938 bits per heavy atom. The van der Waals surface area contributed by atoms with Gasteiger partial charge in [0.15, 0.2) is 0 Å². The summed E-state index contributed by atoms with van der Waals surface area (Å²) in [6.45, 7) is 0. The first kappa shape index (κ1) is 22.5. The van der Waals surface area contributed by atoms with Crippen molar-refractivity contribution in [3.63, 3.8) is 0 Å². The van der Waals surface area contributed by atoms with Crippen LogP contribution in [0.1, 0.15) is 20.7 Å². The van der Waals surface area contributed by atoms with Crippen LogP contribution in [0, 0.1) is 0 Å². The Hall–Kier alpha value is -4.20. The molecule has 2 N–H and O–H groups in total. The van der Waals surface area contributed by atoms with Crippen LogP contribution in [0.25, 0.3) is 0 Å². The fourth-order valence-electron chi connectivity index (χ4n) is 3.14. The van der Waals surface area contributed by atoms with Gasteiger partial charge in [0.1, 0.15) is 23.0 Å². The van der Waals surface area contributed by atoms with Gasteiger partial charge in [0.05, 0.1) is 50.9 Å². The number of methoxy groups -OCH3 is 4. The number of para-hydroxylation sites is 2. The van der Waals surface area contributed by atoms with E-state index in [-0.39, 0.29) is 0 Å². The summed E-state index contributed by atoms with van der Waals surface area (Å²) in [6.07, 6.45) is 0. The number of ether oxygens (including phenoxy) is 4. The van der Waals surface area contributed by atoms with E-state index in [0.29, 0.717) is 45.5 Å². The number of carbonyl (C=O) groups excluding carboxylic acids is 2. The molecule has 3 aromatic carbocycles. The Labute approximate surface area is 186 Å². The van der Waals surface area contributed by atoms with Gasteiger partial charge >= 0.3 is 0 Å². The number of amides is 2. The Kier molecular flexibility index (Phi) is 7.17. The largest absolute Gasteiger partial charge is 0.496 e. The summed E-state index contributed by atoms with van der Waals surface area (Å²) in [5.74, 6) is 0.797. The molecule has 0 saturated carbocycles. The monoisotopic (exact) mass is 436 g/mol. The first-order chi connectivity index (χ1) is 15.5. The third kappa shape index (κ3) is 4.75. The van der Waals surface area contributed by atoms with Crippen LogP contribution >= 0.6 is 0 Å². The molecule has 0 heterocycles. The van der Waals surface area contributed by atoms with Gasteiger partial charge in [-0.1, -0.05) is 24.3 Å². The van der Waals surface area contributed by atoms with Crippen molar-refractivity contribution in [3.8, 4) is 23.0 Å². The number of nitrogens with one attached hydrogen (secondary N) is 2. The molecule has 0 aromatic heterocycles. The molecule has 166 valence electrons. The Bertz CT molecular complexity index is 1040. The zero-order valence-electron chi connectivity index (χ0n) is 18.2. The highest BCUT2D eigenvalue weighted by Gasteiger charge is 2.19. The van der Waals surface area contributed by atoms with Crippen LogP contribution in [0.3, 0.4) is 0 Å². The van der Waals surface area contributed by atoms with Crippen LogP contribution in [0.5, 0.6) is 23.0 Å². The average Bonchev–Trinajstić information content (AvgIpc) is 2.83. The summed E-state index contributed by atoms with van der Waals surface area (Å²) in [7, 11) is 5.93. The van der Waals surface area contributed by atoms with Crippen LogP contribution in [0.4, 0.5) is 11.4 Å². The molecule has 0 aliphatic rings. The van der Waals surface area contributed by atoms with Gasteiger partial charge in [-0.2, -0.15) is 0 Å². The molecule has 0 spiro atoms. The van der Waals surface area contributed by atoms with Crippen molar-refractivity contribution in [2.75, 3.05) is 39.1 Å². The van der Waals surface area contributed by atoms with E-state index in [4.69, 9.17) is 18.9 Å². The van der Waals surface area contributed by atoms with Crippen molar-refractivity contribution >= 4 is 23.2 Å². The molecule has 8 heteroatoms. The smallest absolute Gasteiger partial charge is 0.259 e. The summed E-state index contributed by atoms with van der Waals surface area (Å²) in [6, 6.07) is 16.8. The summed E-state index contributed by atoms with van der Waals surface area (Å²) in [5, 5.41) is 5.61. The predicted octanol–water partition coefficient (Wildman–Crippen LogP) is 4.23. The van der Waals surface area contributed by atoms with Crippen LogP contribution < -0.4 is 29.6 Å². The van der Waals surface area contributed by atoms with E-state index >= 15 is 0 Å². The first-order valence-corrected chi connectivity index (χ1v) is 9.67. The van der Waals surface area contributed by atoms with Gasteiger partial charge in [0, 0.05) is 6.07 Å². The number of hydrogen-bond donors (Lipinski definition) is 2. The van der Waals surface area contributed by atoms with Gasteiger partial charge in [-0.25, -0.2) is 0 Å². The van der Waals surface area contributed by atoms with Crippen molar-refractivity contribution in [2.24, 2.45) is 0 Å². The van der Waals surface area contributed by atoms with E-state index in [2.05, 4.69) is 10.6 Å². The van der Waals surface area contributed by atoms with Crippen LogP contribution in [0.2, 0.25) is 0 Å². The average molecular weight is 436 g/mol. The lowest BCUT2D eigenvalue weighted by molar-refractivity contribution is 0.101. The summed E-state index contributed by atoms with van der Waals surface area (Å²) in [4.78, 5) is 25.7. The van der Waals surface area contributed by atoms with Crippen molar-refractivity contribution < 1.29 is 28.5 Å². The van der Waals surface area contributed by atoms with Crippen molar-refractivity contribution in [1.29, 1.82) is 0 Å². The second-order valence-electron chi connectivity index (χ2n) is 6.56. The fraction of sp³-hybridized carbons (Fsp3) is 0.167. The molecule has 32 heavy (non-hydrogen) atoms. The molecule has 0 atom stereocenters. The third-order valence-corrected chi connectivity index (χ3v) is 4.72. The van der Waals surface area contributed by atoms with Gasteiger partial charge < -0.3 is 29.6 Å². The first-order valence-electron chi connectivity index (χ1n) is 9.67. The molecule has 8 nitrogen and oxygen atoms in total. The summed E-state index contributed by atoms with van der Waals surface area (Å²) >= 11 is 0. The maximum atomic E-state index is 12.9. The van der Waals surface area contributed by atoms with Crippen molar-refractivity contribution in [1.82, 2.24) is 0 Å². The van der Waals surface area contributed by atoms with E-state index in [0.717, 1.165) is 0 Å². The molecular weight excluding hydrogens is 412 g/mol. The van der Waals surface area contributed by atoms with Gasteiger partial charge in [-0.3, -0.25) is 9.59 Å². The quantitative estimate of drug-likeness (QED) is 0.549. The SMILES string of the molecule is COc1cc(OC)c(NC(=O)c2ccccc2OC)cc1NC(=O)c1ccccc1OC. The number of benzene rings is 3. The molecule has 3 rings (SSSR count). The highest BCUT2D eigenvalue weighted by atomic mass is 16.5. The van der Waals surface area contributed by atoms with Gasteiger partial charge in [0.2, 0.25) is 0 Å². The summed E-state index contributed by atoms with van der Waals surface area (Å²) < 4.78 is 21.3. The van der Waals surface area contributed by atoms with Crippen LogP contribution in [-0.4, -0.2) is 40.3 Å². The van der Waals surface area contributed by atoms with Gasteiger partial charge in [0.25, 0.3) is 11.8 Å². The molecular formula is C24H24N2O6. The van der Waals surface area contributed by atoms with E-state index < -0.39 is 11.8 Å². The number of anilines is 2. The van der Waals surface area contributed by atoms with E-state index in [9.17, 15) is 9.59 Å². The second-order valence-corrected chi connectivity index (χ2v) is 6.56. The lowest BCUT2D eigenvalue weighted by Crippen LogP contribution is -2.16. The minimum atomic E-state index is -0.395. The Morgan fingerprint density at radius 3 is 1.31 bits per heavy atom. The molecule has 0 saturated heterocycles. The van der Waals surface area contributed by atoms with Crippen molar-refractivity contribution in [2.45, 2.75) is 0 Å². The maximum Gasteiger partial charge on any atom is 0.259 e. The fourth-order valence-corrected chi connectivity index (χ4v) is 3.14. The topological polar surface area (TPSA) is 95.1 Å². The van der Waals surface area contributed by atoms with Gasteiger partial charge in [-0.15, -0.1) is 0 Å². The lowest BCUT2D eigenvalue weighted by atomic mass is 10.1. The normalized spacial score (nSPS) is 10.1. The highest BCUT2D eigenvalue weighted by molar-refractivity contribution is 6.09. The third-order valence-electron chi connectivity index (χ3n) is 4.72. The zero-order valence-corrected chi connectivity index (χ0v) is 18.2. The predicted molar refractivity (Wildman–Crippen MR) is 121 cm³/mol.